The number of carbonyl (C=O) groups is 1. The molecule has 0 saturated heterocycles. The van der Waals surface area contributed by atoms with Gasteiger partial charge in [-0.25, -0.2) is 5.43 Å². The van der Waals surface area contributed by atoms with E-state index in [1.165, 1.54) is 10.8 Å². The van der Waals surface area contributed by atoms with Gasteiger partial charge in [-0.2, -0.15) is 5.10 Å². The van der Waals surface area contributed by atoms with Crippen LogP contribution in [-0.2, 0) is 0 Å². The summed E-state index contributed by atoms with van der Waals surface area (Å²) >= 11 is 0. The Morgan fingerprint density at radius 2 is 1.70 bits per heavy atom. The van der Waals surface area contributed by atoms with Crippen LogP contribution >= 0.6 is 0 Å². The van der Waals surface area contributed by atoms with Gasteiger partial charge in [-0.15, -0.1) is 0 Å². The van der Waals surface area contributed by atoms with E-state index >= 15 is 0 Å². The lowest BCUT2D eigenvalue weighted by Crippen LogP contribution is -2.27. The summed E-state index contributed by atoms with van der Waals surface area (Å²) in [5, 5.41) is 15.4. The molecule has 1 amide bonds. The second-order valence-electron chi connectivity index (χ2n) is 6.57. The van der Waals surface area contributed by atoms with Crippen LogP contribution in [0.5, 0.6) is 5.75 Å². The van der Waals surface area contributed by atoms with Crippen LogP contribution in [0, 0.1) is 0 Å². The van der Waals surface area contributed by atoms with Gasteiger partial charge < -0.3 is 5.11 Å². The van der Waals surface area contributed by atoms with Crippen molar-refractivity contribution >= 4 is 22.5 Å². The summed E-state index contributed by atoms with van der Waals surface area (Å²) in [6.07, 6.45) is 1.50. The van der Waals surface area contributed by atoms with Gasteiger partial charge in [0.05, 0.1) is 11.2 Å². The molecule has 0 radical (unpaired) electrons. The number of benzene rings is 2. The molecule has 2 N–H and O–H groups in total. The maximum atomic E-state index is 13.4. The number of aromatic hydroxyl groups is 1. The molecular weight excluding hydrogens is 380 g/mol. The smallest absolute Gasteiger partial charge is 0.289 e. The number of nitrogens with zero attached hydrogens (tertiary/aromatic N) is 3. The molecule has 30 heavy (non-hydrogen) atoms. The van der Waals surface area contributed by atoms with Crippen LogP contribution in [0.4, 0.5) is 0 Å². The normalized spacial score (nSPS) is 11.4. The van der Waals surface area contributed by atoms with Crippen molar-refractivity contribution in [2.24, 2.45) is 5.10 Å². The molecule has 2 aromatic carbocycles. The summed E-state index contributed by atoms with van der Waals surface area (Å²) in [5.41, 5.74) is 3.56. The first kappa shape index (κ1) is 19.1. The number of fused-ring (bicyclic) bond motifs is 1. The van der Waals surface area contributed by atoms with Crippen molar-refractivity contribution < 1.29 is 9.90 Å². The molecule has 0 aliphatic heterocycles. The fourth-order valence-electron chi connectivity index (χ4n) is 3.23. The number of aromatic nitrogens is 2. The molecule has 148 valence electrons. The van der Waals surface area contributed by atoms with Crippen molar-refractivity contribution in [1.82, 2.24) is 15.0 Å². The zero-order valence-corrected chi connectivity index (χ0v) is 16.1. The predicted molar refractivity (Wildman–Crippen MR) is 115 cm³/mol. The number of amides is 1. The third kappa shape index (κ3) is 3.44. The zero-order chi connectivity index (χ0) is 21.1. The minimum atomic E-state index is -0.515. The van der Waals surface area contributed by atoms with Crippen LogP contribution in [-0.4, -0.2) is 26.3 Å². The van der Waals surface area contributed by atoms with Crippen LogP contribution in [0.1, 0.15) is 23.0 Å². The van der Waals surface area contributed by atoms with Gasteiger partial charge >= 0.3 is 0 Å². The van der Waals surface area contributed by atoms with E-state index in [-0.39, 0.29) is 22.7 Å². The Kier molecular flexibility index (Phi) is 5.09. The summed E-state index contributed by atoms with van der Waals surface area (Å²) < 4.78 is 1.52. The van der Waals surface area contributed by atoms with E-state index < -0.39 is 11.5 Å². The Balaban J connectivity index is 1.85. The van der Waals surface area contributed by atoms with Gasteiger partial charge in [0.15, 0.2) is 0 Å². The monoisotopic (exact) mass is 398 g/mol. The van der Waals surface area contributed by atoms with Crippen LogP contribution in [0.2, 0.25) is 0 Å². The van der Waals surface area contributed by atoms with E-state index in [0.717, 1.165) is 0 Å². The van der Waals surface area contributed by atoms with E-state index in [9.17, 15) is 14.7 Å². The van der Waals surface area contributed by atoms with Gasteiger partial charge in [0.25, 0.3) is 11.5 Å². The Hall–Kier alpha value is -4.26. The first-order valence-electron chi connectivity index (χ1n) is 9.26. The fourth-order valence-corrected chi connectivity index (χ4v) is 3.23. The van der Waals surface area contributed by atoms with E-state index in [1.54, 1.807) is 49.4 Å². The number of rotatable bonds is 4. The molecule has 0 fully saturated rings. The molecule has 0 atom stereocenters. The van der Waals surface area contributed by atoms with Crippen molar-refractivity contribution in [1.29, 1.82) is 0 Å². The second-order valence-corrected chi connectivity index (χ2v) is 6.57. The SMILES string of the molecule is CC(=NNC(=O)c1ccccn1)c1c(O)c2ccccc2n(-c2ccccc2)c1=O. The molecule has 2 aromatic heterocycles. The Labute approximate surface area is 172 Å². The van der Waals surface area contributed by atoms with Crippen LogP contribution in [0.25, 0.3) is 16.6 Å². The second kappa shape index (κ2) is 8.00. The molecule has 0 bridgehead atoms. The highest BCUT2D eigenvalue weighted by molar-refractivity contribution is 6.06. The highest BCUT2D eigenvalue weighted by atomic mass is 16.3. The first-order chi connectivity index (χ1) is 14.6. The van der Waals surface area contributed by atoms with Gasteiger partial charge in [-0.05, 0) is 43.3 Å². The number of pyridine rings is 2. The Morgan fingerprint density at radius 3 is 2.43 bits per heavy atom. The minimum Gasteiger partial charge on any atom is -0.506 e. The number of nitrogens with one attached hydrogen (secondary N) is 1. The van der Waals surface area contributed by atoms with Gasteiger partial charge in [0, 0.05) is 17.3 Å². The highest BCUT2D eigenvalue weighted by Gasteiger charge is 2.19. The lowest BCUT2D eigenvalue weighted by molar-refractivity contribution is 0.0950. The summed E-state index contributed by atoms with van der Waals surface area (Å²) in [5.74, 6) is -0.699. The number of hydrazone groups is 1. The molecule has 4 aromatic rings. The van der Waals surface area contributed by atoms with Crippen molar-refractivity contribution in [2.45, 2.75) is 6.92 Å². The fraction of sp³-hybridized carbons (Fsp3) is 0.0435. The summed E-state index contributed by atoms with van der Waals surface area (Å²) in [4.78, 5) is 29.5. The summed E-state index contributed by atoms with van der Waals surface area (Å²) in [6, 6.07) is 21.2. The highest BCUT2D eigenvalue weighted by Crippen LogP contribution is 2.28. The average molecular weight is 398 g/mol. The van der Waals surface area contributed by atoms with E-state index in [4.69, 9.17) is 0 Å². The van der Waals surface area contributed by atoms with Gasteiger partial charge in [-0.1, -0.05) is 36.4 Å². The Morgan fingerprint density at radius 1 is 1.00 bits per heavy atom. The van der Waals surface area contributed by atoms with E-state index in [0.29, 0.717) is 16.6 Å². The molecule has 0 unspecified atom stereocenters. The minimum absolute atomic E-state index is 0.0128. The van der Waals surface area contributed by atoms with Crippen molar-refractivity contribution in [3.63, 3.8) is 0 Å². The third-order valence-corrected chi connectivity index (χ3v) is 4.65. The first-order valence-corrected chi connectivity index (χ1v) is 9.26. The molecule has 7 nitrogen and oxygen atoms in total. The van der Waals surface area contributed by atoms with Gasteiger partial charge in [0.2, 0.25) is 0 Å². The number of hydrogen-bond donors (Lipinski definition) is 2. The summed E-state index contributed by atoms with van der Waals surface area (Å²) in [7, 11) is 0. The van der Waals surface area contributed by atoms with E-state index in [2.05, 4.69) is 15.5 Å². The molecule has 0 spiro atoms. The molecule has 7 heteroatoms. The quantitative estimate of drug-likeness (QED) is 0.407. The van der Waals surface area contributed by atoms with Crippen LogP contribution in [0.15, 0.2) is 88.9 Å². The average Bonchev–Trinajstić information content (AvgIpc) is 2.79. The van der Waals surface area contributed by atoms with Crippen LogP contribution in [0.3, 0.4) is 0 Å². The van der Waals surface area contributed by atoms with Crippen molar-refractivity contribution in [3.8, 4) is 11.4 Å². The molecule has 0 aliphatic rings. The largest absolute Gasteiger partial charge is 0.506 e. The van der Waals surface area contributed by atoms with Gasteiger partial charge in [0.1, 0.15) is 17.0 Å². The third-order valence-electron chi connectivity index (χ3n) is 4.65. The van der Waals surface area contributed by atoms with Gasteiger partial charge in [-0.3, -0.25) is 19.1 Å². The van der Waals surface area contributed by atoms with E-state index in [1.807, 2.05) is 30.3 Å². The Bertz CT molecular complexity index is 1310. The lowest BCUT2D eigenvalue weighted by atomic mass is 10.1. The maximum Gasteiger partial charge on any atom is 0.289 e. The number of hydrogen-bond acceptors (Lipinski definition) is 5. The topological polar surface area (TPSA) is 96.6 Å². The maximum absolute atomic E-state index is 13.4. The molecule has 2 heterocycles. The summed E-state index contributed by atoms with van der Waals surface area (Å²) in [6.45, 7) is 1.55. The van der Waals surface area contributed by atoms with Crippen molar-refractivity contribution in [3.05, 3.63) is 101 Å². The van der Waals surface area contributed by atoms with Crippen LogP contribution < -0.4 is 11.0 Å². The molecular formula is C23H18N4O3. The molecule has 0 saturated carbocycles. The molecule has 4 rings (SSSR count). The molecule has 0 aliphatic carbocycles. The van der Waals surface area contributed by atoms with Crippen molar-refractivity contribution in [2.75, 3.05) is 0 Å². The predicted octanol–water partition coefficient (Wildman–Crippen LogP) is 3.25. The lowest BCUT2D eigenvalue weighted by Gasteiger charge is -2.15. The number of para-hydroxylation sites is 2. The number of carbonyl (C=O) groups excluding carboxylic acids is 1. The zero-order valence-electron chi connectivity index (χ0n) is 16.1. The standard InChI is InChI=1S/C23H18N4O3/c1-15(25-26-22(29)18-12-7-8-14-24-18)20-21(28)17-11-5-6-13-19(17)27(23(20)30)16-9-3-2-4-10-16/h2-14,28H,1H3,(H,26,29).